The number of rotatable bonds is 19. The van der Waals surface area contributed by atoms with Gasteiger partial charge in [0.05, 0.1) is 30.0 Å². The van der Waals surface area contributed by atoms with Crippen molar-refractivity contribution in [3.63, 3.8) is 0 Å². The summed E-state index contributed by atoms with van der Waals surface area (Å²) in [7, 11) is 1.57. The second kappa shape index (κ2) is 20.6. The Labute approximate surface area is 343 Å². The molecule has 1 aliphatic heterocycles. The van der Waals surface area contributed by atoms with E-state index in [-0.39, 0.29) is 23.3 Å². The van der Waals surface area contributed by atoms with Crippen LogP contribution in [0.1, 0.15) is 117 Å². The van der Waals surface area contributed by atoms with Crippen LogP contribution < -0.4 is 14.6 Å². The maximum atomic E-state index is 14.9. The van der Waals surface area contributed by atoms with Crippen LogP contribution in [-0.4, -0.2) is 53.0 Å². The Balaban J connectivity index is 2.03. The number of aliphatic hydroxyl groups is 1. The molecular weight excluding hydrogens is 735 g/mol. The Kier molecular flexibility index (Phi) is 16.2. The number of hydrogen-bond acceptors (Lipinski definition) is 9. The van der Waals surface area contributed by atoms with Crippen molar-refractivity contribution in [1.82, 2.24) is 9.99 Å². The molecule has 2 heterocycles. The summed E-state index contributed by atoms with van der Waals surface area (Å²) in [5.41, 5.74) is 1.09. The number of nitrogens with zero attached hydrogens (tertiary/aromatic N) is 5. The van der Waals surface area contributed by atoms with Gasteiger partial charge in [0.2, 0.25) is 0 Å². The van der Waals surface area contributed by atoms with Gasteiger partial charge < -0.3 is 14.7 Å². The van der Waals surface area contributed by atoms with Crippen molar-refractivity contribution in [1.29, 1.82) is 5.26 Å². The predicted molar refractivity (Wildman–Crippen MR) is 230 cm³/mol. The van der Waals surface area contributed by atoms with Crippen molar-refractivity contribution in [3.05, 3.63) is 75.7 Å². The molecule has 3 aromatic rings. The summed E-state index contributed by atoms with van der Waals surface area (Å²) in [5.74, 6) is -0.696. The number of hydrogen-bond donors (Lipinski definition) is 1. The lowest BCUT2D eigenvalue weighted by atomic mass is 9.93. The molecule has 0 saturated carbocycles. The Morgan fingerprint density at radius 2 is 1.58 bits per heavy atom. The standard InChI is InChI=1S/C46H61N5O5S/c1-10-14-20-32(12-3)28-49(29-33(13-4)21-15-11-2)45-48-41(40-34(30-52)22-19-25-38(40)56-9)39(57-45)26-36-31(5)37(27-47)43(54)51(42(36)53)50(44(55)46(6,7)8)35-23-17-16-18-24-35/h16-19,22-26,32-33,52H,10-15,20-21,28-30H2,1-9H3/b36-26-. The van der Waals surface area contributed by atoms with Gasteiger partial charge in [0.25, 0.3) is 17.7 Å². The maximum Gasteiger partial charge on any atom is 0.291 e. The number of thiazole rings is 1. The molecule has 0 spiro atoms. The quantitative estimate of drug-likeness (QED) is 0.0939. The number of hydrazine groups is 1. The zero-order chi connectivity index (χ0) is 41.9. The van der Waals surface area contributed by atoms with Crippen molar-refractivity contribution >= 4 is 46.0 Å². The largest absolute Gasteiger partial charge is 0.496 e. The molecule has 0 aliphatic carbocycles. The van der Waals surface area contributed by atoms with E-state index in [2.05, 4.69) is 32.6 Å². The number of unbranched alkanes of at least 4 members (excludes halogenated alkanes) is 2. The fraction of sp³-hybridized carbons (Fsp3) is 0.500. The molecule has 11 heteroatoms. The molecular formula is C46H61N5O5S. The lowest BCUT2D eigenvalue weighted by Gasteiger charge is -2.39. The number of para-hydroxylation sites is 1. The van der Waals surface area contributed by atoms with Crippen molar-refractivity contribution in [3.8, 4) is 23.1 Å². The fourth-order valence-electron chi connectivity index (χ4n) is 7.16. The number of methoxy groups -OCH3 is 1. The number of anilines is 2. The van der Waals surface area contributed by atoms with Crippen LogP contribution in [0.2, 0.25) is 0 Å². The highest BCUT2D eigenvalue weighted by atomic mass is 32.1. The molecule has 306 valence electrons. The fourth-order valence-corrected chi connectivity index (χ4v) is 8.19. The summed E-state index contributed by atoms with van der Waals surface area (Å²) in [5, 5.41) is 23.7. The van der Waals surface area contributed by atoms with Crippen molar-refractivity contribution in [2.24, 2.45) is 17.3 Å². The Hall–Kier alpha value is -4.79. The van der Waals surface area contributed by atoms with Gasteiger partial charge in [-0.25, -0.2) is 9.99 Å². The second-order valence-electron chi connectivity index (χ2n) is 15.9. The molecule has 1 N–H and O–H groups in total. The highest BCUT2D eigenvalue weighted by molar-refractivity contribution is 7.17. The molecule has 57 heavy (non-hydrogen) atoms. The van der Waals surface area contributed by atoms with Gasteiger partial charge in [-0.2, -0.15) is 10.3 Å². The molecule has 0 radical (unpaired) electrons. The van der Waals surface area contributed by atoms with E-state index in [4.69, 9.17) is 9.72 Å². The van der Waals surface area contributed by atoms with Crippen molar-refractivity contribution < 1.29 is 24.2 Å². The van der Waals surface area contributed by atoms with E-state index in [0.717, 1.165) is 79.6 Å². The van der Waals surface area contributed by atoms with Gasteiger partial charge in [0.1, 0.15) is 17.4 Å². The first-order chi connectivity index (χ1) is 27.3. The molecule has 2 unspecified atom stereocenters. The zero-order valence-electron chi connectivity index (χ0n) is 35.4. The number of carbonyl (C=O) groups is 3. The van der Waals surface area contributed by atoms with Crippen LogP contribution in [0.25, 0.3) is 17.3 Å². The summed E-state index contributed by atoms with van der Waals surface area (Å²) in [4.78, 5) is 51.5. The van der Waals surface area contributed by atoms with Crippen LogP contribution in [0.5, 0.6) is 5.75 Å². The third-order valence-corrected chi connectivity index (χ3v) is 11.8. The van der Waals surface area contributed by atoms with E-state index in [1.807, 2.05) is 24.3 Å². The van der Waals surface area contributed by atoms with Gasteiger partial charge in [0.15, 0.2) is 5.13 Å². The summed E-state index contributed by atoms with van der Waals surface area (Å²) in [6.45, 7) is 17.0. The predicted octanol–water partition coefficient (Wildman–Crippen LogP) is 10.1. The van der Waals surface area contributed by atoms with Crippen LogP contribution in [0.4, 0.5) is 10.8 Å². The van der Waals surface area contributed by atoms with Crippen LogP contribution in [0.15, 0.2) is 65.3 Å². The minimum atomic E-state index is -0.988. The maximum absolute atomic E-state index is 14.9. The Bertz CT molecular complexity index is 1930. The highest BCUT2D eigenvalue weighted by Gasteiger charge is 2.44. The van der Waals surface area contributed by atoms with E-state index in [0.29, 0.717) is 45.0 Å². The topological polar surface area (TPSA) is 127 Å². The minimum Gasteiger partial charge on any atom is -0.496 e. The van der Waals surface area contributed by atoms with E-state index in [1.54, 1.807) is 71.2 Å². The van der Waals surface area contributed by atoms with E-state index >= 15 is 0 Å². The Morgan fingerprint density at radius 3 is 2.09 bits per heavy atom. The third-order valence-electron chi connectivity index (χ3n) is 10.7. The zero-order valence-corrected chi connectivity index (χ0v) is 36.2. The smallest absolute Gasteiger partial charge is 0.291 e. The molecule has 2 aromatic carbocycles. The summed E-state index contributed by atoms with van der Waals surface area (Å²) < 4.78 is 5.86. The number of amides is 3. The monoisotopic (exact) mass is 795 g/mol. The van der Waals surface area contributed by atoms with Gasteiger partial charge in [-0.05, 0) is 67.0 Å². The summed E-state index contributed by atoms with van der Waals surface area (Å²) in [6, 6.07) is 16.0. The molecule has 0 bridgehead atoms. The van der Waals surface area contributed by atoms with Crippen molar-refractivity contribution in [2.75, 3.05) is 30.1 Å². The van der Waals surface area contributed by atoms with Crippen LogP contribution in [0.3, 0.4) is 0 Å². The number of imide groups is 1. The number of aromatic nitrogens is 1. The third kappa shape index (κ3) is 10.4. The van der Waals surface area contributed by atoms with E-state index in [1.165, 1.54) is 11.3 Å². The Morgan fingerprint density at radius 1 is 0.965 bits per heavy atom. The molecule has 3 amide bonds. The van der Waals surface area contributed by atoms with Gasteiger partial charge in [0, 0.05) is 29.6 Å². The molecule has 2 atom stereocenters. The van der Waals surface area contributed by atoms with E-state index < -0.39 is 23.1 Å². The van der Waals surface area contributed by atoms with Crippen LogP contribution in [0, 0.1) is 28.6 Å². The molecule has 0 saturated heterocycles. The van der Waals surface area contributed by atoms with Gasteiger partial charge in [-0.3, -0.25) is 14.4 Å². The van der Waals surface area contributed by atoms with Crippen molar-refractivity contribution in [2.45, 2.75) is 113 Å². The number of benzene rings is 2. The van der Waals surface area contributed by atoms with Crippen LogP contribution in [-0.2, 0) is 21.0 Å². The van der Waals surface area contributed by atoms with Gasteiger partial charge in [-0.1, -0.05) is 129 Å². The minimum absolute atomic E-state index is 0.0843. The van der Waals surface area contributed by atoms with Gasteiger partial charge in [-0.15, -0.1) is 0 Å². The highest BCUT2D eigenvalue weighted by Crippen LogP contribution is 2.43. The van der Waals surface area contributed by atoms with Gasteiger partial charge >= 0.3 is 0 Å². The first kappa shape index (κ1) is 44.9. The lowest BCUT2D eigenvalue weighted by molar-refractivity contribution is -0.147. The van der Waals surface area contributed by atoms with E-state index in [9.17, 15) is 24.8 Å². The summed E-state index contributed by atoms with van der Waals surface area (Å²) >= 11 is 1.44. The normalized spacial score (nSPS) is 15.2. The molecule has 0 fully saturated rings. The molecule has 4 rings (SSSR count). The second-order valence-corrected chi connectivity index (χ2v) is 16.9. The number of nitriles is 1. The number of aliphatic hydroxyl groups excluding tert-OH is 1. The number of ether oxygens (including phenoxy) is 1. The summed E-state index contributed by atoms with van der Waals surface area (Å²) in [6.07, 6.45) is 10.5. The number of carbonyl (C=O) groups excluding carboxylic acids is 3. The molecule has 1 aliphatic rings. The SMILES string of the molecule is CCCCC(CC)CN(CC(CC)CCCC)c1nc(-c2c(CO)cccc2OC)c(/C=C2\C(=O)N(N(C(=O)C(C)(C)C)c3ccccc3)C(=O)C(C#N)=C2C)s1. The average molecular weight is 796 g/mol. The first-order valence-electron chi connectivity index (χ1n) is 20.4. The van der Waals surface area contributed by atoms with Crippen LogP contribution >= 0.6 is 11.3 Å². The molecule has 10 nitrogen and oxygen atoms in total. The lowest BCUT2D eigenvalue weighted by Crippen LogP contribution is -2.58. The molecule has 1 aromatic heterocycles. The average Bonchev–Trinajstić information content (AvgIpc) is 3.63. The first-order valence-corrected chi connectivity index (χ1v) is 21.3.